The molecule has 56 heavy (non-hydrogen) atoms. The minimum atomic E-state index is -4.76. The van der Waals surface area contributed by atoms with Gasteiger partial charge in [-0.2, -0.15) is 23.4 Å². The summed E-state index contributed by atoms with van der Waals surface area (Å²) in [7, 11) is 1.31. The standard InChI is InChI=1S/C40H39ClF3N7O5/c1-55-36-23(20-47-39(14-15-39)38(53)54)18-30(40(42,43)44)35(51-36)49-31-12-10-26-25(4-2-5-27(26)31)28-6-3-7-29(34(28)41)32-11-8-22(37(50-32)56-17-16-45)19-46-21-24-9-13-33(52)48-24/h2-8,11,18,24,31,46-47H,9-10,12-15,17,19-21H2,1H3,(H,48,52)(H,49,51)(H,53,54)/t24-,31-/m0/s1. The van der Waals surface area contributed by atoms with Gasteiger partial charge in [-0.05, 0) is 60.9 Å². The second-order valence-corrected chi connectivity index (χ2v) is 14.5. The van der Waals surface area contributed by atoms with Gasteiger partial charge in [0.1, 0.15) is 17.4 Å². The van der Waals surface area contributed by atoms with Crippen LogP contribution in [0.1, 0.15) is 66.0 Å². The Morgan fingerprint density at radius 3 is 2.50 bits per heavy atom. The van der Waals surface area contributed by atoms with Gasteiger partial charge in [0.05, 0.1) is 29.4 Å². The number of pyridine rings is 2. The van der Waals surface area contributed by atoms with Crippen LogP contribution in [0.5, 0.6) is 11.8 Å². The number of hydrogen-bond donors (Lipinski definition) is 5. The molecule has 2 atom stereocenters. The van der Waals surface area contributed by atoms with E-state index in [1.807, 2.05) is 54.6 Å². The van der Waals surface area contributed by atoms with E-state index in [2.05, 4.69) is 26.3 Å². The van der Waals surface area contributed by atoms with Crippen molar-refractivity contribution in [3.05, 3.63) is 87.4 Å². The lowest BCUT2D eigenvalue weighted by molar-refractivity contribution is -0.141. The molecule has 16 heteroatoms. The lowest BCUT2D eigenvalue weighted by atomic mass is 9.94. The van der Waals surface area contributed by atoms with Crippen molar-refractivity contribution in [1.82, 2.24) is 25.9 Å². The maximum absolute atomic E-state index is 14.5. The van der Waals surface area contributed by atoms with Crippen molar-refractivity contribution in [3.8, 4) is 40.2 Å². The molecule has 12 nitrogen and oxygen atoms in total. The molecule has 7 rings (SSSR count). The molecule has 2 aliphatic carbocycles. The number of nitrogens with zero attached hydrogens (tertiary/aromatic N) is 3. The Hall–Kier alpha value is -5.43. The fraction of sp³-hybridized carbons (Fsp3) is 0.375. The molecule has 1 saturated heterocycles. The smallest absolute Gasteiger partial charge is 0.419 e. The Balaban J connectivity index is 1.14. The first-order valence-electron chi connectivity index (χ1n) is 18.2. The number of alkyl halides is 3. The zero-order valence-electron chi connectivity index (χ0n) is 30.4. The van der Waals surface area contributed by atoms with Crippen molar-refractivity contribution in [2.24, 2.45) is 0 Å². The van der Waals surface area contributed by atoms with Crippen LogP contribution in [0.2, 0.25) is 5.02 Å². The SMILES string of the molecule is COc1nc(N[C@H]2CCc3c(-c4cccc(-c5ccc(CNC[C@@H]6CCC(=O)N6)c(OCC#N)n5)c4Cl)cccc32)c(C(F)(F)F)cc1CNC1(C(=O)O)CC1. The number of aromatic nitrogens is 2. The number of amides is 1. The van der Waals surface area contributed by atoms with Crippen LogP contribution in [-0.2, 0) is 35.3 Å². The van der Waals surface area contributed by atoms with Crippen LogP contribution in [0.3, 0.4) is 0 Å². The van der Waals surface area contributed by atoms with Gasteiger partial charge in [0, 0.05) is 54.4 Å². The first-order valence-corrected chi connectivity index (χ1v) is 18.6. The Kier molecular flexibility index (Phi) is 11.1. The first-order chi connectivity index (χ1) is 26.9. The van der Waals surface area contributed by atoms with Crippen LogP contribution < -0.4 is 30.7 Å². The number of anilines is 1. The highest BCUT2D eigenvalue weighted by atomic mass is 35.5. The topological polar surface area (TPSA) is 171 Å². The molecule has 1 amide bonds. The number of rotatable bonds is 15. The molecular weight excluding hydrogens is 751 g/mol. The molecule has 1 aliphatic heterocycles. The van der Waals surface area contributed by atoms with Gasteiger partial charge in [0.2, 0.25) is 17.7 Å². The monoisotopic (exact) mass is 789 g/mol. The summed E-state index contributed by atoms with van der Waals surface area (Å²) in [6.07, 6.45) is -1.69. The Bertz CT molecular complexity index is 2210. The fourth-order valence-electron chi connectivity index (χ4n) is 7.37. The highest BCUT2D eigenvalue weighted by Gasteiger charge is 2.50. The molecule has 0 bridgehead atoms. The number of hydrogen-bond acceptors (Lipinski definition) is 10. The van der Waals surface area contributed by atoms with E-state index in [4.69, 9.17) is 26.1 Å². The van der Waals surface area contributed by atoms with Crippen LogP contribution in [-0.4, -0.2) is 58.8 Å². The summed E-state index contributed by atoms with van der Waals surface area (Å²) >= 11 is 7.12. The maximum atomic E-state index is 14.5. The predicted octanol–water partition coefficient (Wildman–Crippen LogP) is 6.57. The third-order valence-corrected chi connectivity index (χ3v) is 10.9. The van der Waals surface area contributed by atoms with E-state index in [0.717, 1.165) is 40.3 Å². The van der Waals surface area contributed by atoms with Gasteiger partial charge in [0.15, 0.2) is 6.61 Å². The molecule has 5 N–H and O–H groups in total. The van der Waals surface area contributed by atoms with E-state index in [9.17, 15) is 33.1 Å². The molecule has 2 fully saturated rings. The molecular formula is C40H39ClF3N7O5. The minimum Gasteiger partial charge on any atom is -0.481 e. The van der Waals surface area contributed by atoms with Crippen molar-refractivity contribution >= 4 is 29.3 Å². The van der Waals surface area contributed by atoms with Gasteiger partial charge in [-0.25, -0.2) is 4.98 Å². The summed E-state index contributed by atoms with van der Waals surface area (Å²) in [5, 5.41) is 31.3. The Morgan fingerprint density at radius 2 is 1.80 bits per heavy atom. The normalized spacial score (nSPS) is 18.2. The van der Waals surface area contributed by atoms with Crippen molar-refractivity contribution in [1.29, 1.82) is 5.26 Å². The Labute approximate surface area is 325 Å². The molecule has 4 aromatic rings. The second-order valence-electron chi connectivity index (χ2n) is 14.1. The minimum absolute atomic E-state index is 0.0356. The lowest BCUT2D eigenvalue weighted by Gasteiger charge is -2.22. The quantitative estimate of drug-likeness (QED) is 0.0883. The fourth-order valence-corrected chi connectivity index (χ4v) is 7.70. The summed E-state index contributed by atoms with van der Waals surface area (Å²) in [5.41, 5.74) is 3.13. The number of halogens is 4. The number of aliphatic carboxylic acids is 1. The van der Waals surface area contributed by atoms with Crippen LogP contribution in [0.4, 0.5) is 19.0 Å². The zero-order chi connectivity index (χ0) is 39.6. The summed E-state index contributed by atoms with van der Waals surface area (Å²) in [5.74, 6) is -1.16. The third-order valence-electron chi connectivity index (χ3n) is 10.5. The number of nitriles is 1. The molecule has 292 valence electrons. The van der Waals surface area contributed by atoms with Crippen molar-refractivity contribution < 1.29 is 37.3 Å². The van der Waals surface area contributed by atoms with Crippen molar-refractivity contribution in [3.63, 3.8) is 0 Å². The van der Waals surface area contributed by atoms with Crippen LogP contribution in [0, 0.1) is 11.3 Å². The van der Waals surface area contributed by atoms with Gasteiger partial charge in [-0.1, -0.05) is 54.1 Å². The van der Waals surface area contributed by atoms with Crippen molar-refractivity contribution in [2.75, 3.05) is 25.6 Å². The summed E-state index contributed by atoms with van der Waals surface area (Å²) < 4.78 is 54.6. The van der Waals surface area contributed by atoms with E-state index in [-0.39, 0.29) is 48.2 Å². The van der Waals surface area contributed by atoms with Gasteiger partial charge < -0.3 is 30.5 Å². The molecule has 2 aromatic carbocycles. The second kappa shape index (κ2) is 16.0. The highest BCUT2D eigenvalue weighted by Crippen LogP contribution is 2.45. The number of benzene rings is 2. The summed E-state index contributed by atoms with van der Waals surface area (Å²) in [6, 6.07) is 17.4. The number of methoxy groups -OCH3 is 1. The third kappa shape index (κ3) is 8.09. The first kappa shape index (κ1) is 38.8. The van der Waals surface area contributed by atoms with Crippen LogP contribution in [0.25, 0.3) is 22.4 Å². The van der Waals surface area contributed by atoms with Crippen LogP contribution in [0.15, 0.2) is 54.6 Å². The van der Waals surface area contributed by atoms with Gasteiger partial charge >= 0.3 is 12.1 Å². The molecule has 0 spiro atoms. The van der Waals surface area contributed by atoms with E-state index in [1.165, 1.54) is 7.11 Å². The van der Waals surface area contributed by atoms with E-state index >= 15 is 0 Å². The number of fused-ring (bicyclic) bond motifs is 1. The molecule has 0 radical (unpaired) electrons. The average Bonchev–Trinajstić information content (AvgIpc) is 3.71. The molecule has 2 aromatic heterocycles. The number of carboxylic acids is 1. The molecule has 3 aliphatic rings. The average molecular weight is 790 g/mol. The molecule has 3 heterocycles. The van der Waals surface area contributed by atoms with E-state index < -0.39 is 29.3 Å². The number of carbonyl (C=O) groups excluding carboxylic acids is 1. The summed E-state index contributed by atoms with van der Waals surface area (Å²) in [4.78, 5) is 32.2. The van der Waals surface area contributed by atoms with Gasteiger partial charge in [0.25, 0.3) is 0 Å². The largest absolute Gasteiger partial charge is 0.481 e. The van der Waals surface area contributed by atoms with Crippen LogP contribution >= 0.6 is 11.6 Å². The summed E-state index contributed by atoms with van der Waals surface area (Å²) in [6.45, 7) is 0.615. The molecule has 0 unspecified atom stereocenters. The molecule has 1 saturated carbocycles. The van der Waals surface area contributed by atoms with E-state index in [0.29, 0.717) is 61.5 Å². The zero-order valence-corrected chi connectivity index (χ0v) is 31.1. The van der Waals surface area contributed by atoms with E-state index in [1.54, 1.807) is 0 Å². The van der Waals surface area contributed by atoms with Gasteiger partial charge in [-0.3, -0.25) is 14.9 Å². The number of carboxylic acid groups (broad SMARTS) is 1. The van der Waals surface area contributed by atoms with Gasteiger partial charge in [-0.15, -0.1) is 0 Å². The number of carbonyl (C=O) groups is 2. The highest BCUT2D eigenvalue weighted by molar-refractivity contribution is 6.36. The lowest BCUT2D eigenvalue weighted by Crippen LogP contribution is -2.38. The number of ether oxygens (including phenoxy) is 2. The maximum Gasteiger partial charge on any atom is 0.419 e. The Morgan fingerprint density at radius 1 is 1.04 bits per heavy atom. The number of nitrogens with one attached hydrogen (secondary N) is 4. The predicted molar refractivity (Wildman–Crippen MR) is 201 cm³/mol. The van der Waals surface area contributed by atoms with Crippen molar-refractivity contribution in [2.45, 2.75) is 75.4 Å².